The number of methoxy groups -OCH3 is 1. The molecular weight excluding hydrogens is 519 g/mol. The molecule has 2 aliphatic heterocycles. The van der Waals surface area contributed by atoms with E-state index in [1.165, 1.54) is 12.0 Å². The summed E-state index contributed by atoms with van der Waals surface area (Å²) in [6.45, 7) is 7.02. The number of rotatable bonds is 11. The summed E-state index contributed by atoms with van der Waals surface area (Å²) >= 11 is 5.73. The van der Waals surface area contributed by atoms with Crippen LogP contribution in [-0.2, 0) is 40.1 Å². The number of amides is 1. The Bertz CT molecular complexity index is 1070. The van der Waals surface area contributed by atoms with Gasteiger partial charge in [-0.1, -0.05) is 24.8 Å². The van der Waals surface area contributed by atoms with Gasteiger partial charge in [-0.2, -0.15) is 0 Å². The molecule has 1 aromatic carbocycles. The first kappa shape index (κ1) is 29.4. The van der Waals surface area contributed by atoms with Crippen molar-refractivity contribution in [2.24, 2.45) is 0 Å². The van der Waals surface area contributed by atoms with E-state index in [2.05, 4.69) is 11.7 Å². The predicted molar refractivity (Wildman–Crippen MR) is 141 cm³/mol. The van der Waals surface area contributed by atoms with Crippen molar-refractivity contribution in [3.05, 3.63) is 54.8 Å². The Morgan fingerprint density at radius 3 is 2.62 bits per heavy atom. The monoisotopic (exact) mass is 554 g/mol. The molecule has 0 radical (unpaired) electrons. The minimum absolute atomic E-state index is 0.132. The lowest BCUT2D eigenvalue weighted by atomic mass is 9.95. The maximum Gasteiger partial charge on any atom is 0.323 e. The molecule has 37 heavy (non-hydrogen) atoms. The maximum atomic E-state index is 12.7. The molecule has 2 unspecified atom stereocenters. The van der Waals surface area contributed by atoms with Crippen LogP contribution < -0.4 is 9.61 Å². The minimum Gasteiger partial charge on any atom is -0.462 e. The van der Waals surface area contributed by atoms with Crippen LogP contribution in [0.25, 0.3) is 0 Å². The van der Waals surface area contributed by atoms with E-state index in [0.717, 1.165) is 0 Å². The van der Waals surface area contributed by atoms with Crippen molar-refractivity contribution in [2.45, 2.75) is 70.3 Å². The molecule has 0 bridgehead atoms. The van der Waals surface area contributed by atoms with Gasteiger partial charge in [0.2, 0.25) is 5.91 Å². The van der Waals surface area contributed by atoms with Gasteiger partial charge >= 0.3 is 12.6 Å². The van der Waals surface area contributed by atoms with Crippen LogP contribution in [-0.4, -0.2) is 71.8 Å². The van der Waals surface area contributed by atoms with E-state index in [4.69, 9.17) is 35.1 Å². The van der Waals surface area contributed by atoms with Gasteiger partial charge in [-0.05, 0) is 63.3 Å². The summed E-state index contributed by atoms with van der Waals surface area (Å²) in [5.74, 6) is -0.295. The van der Waals surface area contributed by atoms with Crippen LogP contribution in [0.15, 0.2) is 54.8 Å². The van der Waals surface area contributed by atoms with Crippen molar-refractivity contribution in [3.8, 4) is 5.75 Å². The number of carbonyl (C=O) groups excluding carboxylic acids is 2. The summed E-state index contributed by atoms with van der Waals surface area (Å²) in [5, 5.41) is 14.1. The third-order valence-electron chi connectivity index (χ3n) is 6.00. The van der Waals surface area contributed by atoms with Crippen molar-refractivity contribution >= 4 is 30.3 Å². The Kier molecular flexibility index (Phi) is 9.68. The first-order valence-corrected chi connectivity index (χ1v) is 14.6. The molecule has 3 rings (SSSR count). The van der Waals surface area contributed by atoms with Crippen molar-refractivity contribution in [1.82, 2.24) is 9.99 Å². The Labute approximate surface area is 222 Å². The van der Waals surface area contributed by atoms with E-state index < -0.39 is 42.7 Å². The highest BCUT2D eigenvalue weighted by Gasteiger charge is 2.57. The van der Waals surface area contributed by atoms with E-state index >= 15 is 0 Å². The number of esters is 1. The fourth-order valence-corrected chi connectivity index (χ4v) is 6.33. The Morgan fingerprint density at radius 2 is 2.03 bits per heavy atom. The van der Waals surface area contributed by atoms with Gasteiger partial charge in [0.1, 0.15) is 29.6 Å². The molecule has 0 aliphatic carbocycles. The zero-order chi connectivity index (χ0) is 27.4. The Hall–Kier alpha value is -2.11. The number of nitrogens with zero attached hydrogens (tertiary/aromatic N) is 1. The smallest absolute Gasteiger partial charge is 0.323 e. The molecule has 1 aromatic rings. The lowest BCUT2D eigenvalue weighted by Gasteiger charge is -2.37. The van der Waals surface area contributed by atoms with E-state index in [-0.39, 0.29) is 25.0 Å². The van der Waals surface area contributed by atoms with Gasteiger partial charge in [0.05, 0.1) is 19.1 Å². The molecule has 2 N–H and O–H groups in total. The number of aliphatic hydroxyl groups excluding tert-OH is 1. The number of benzene rings is 1. The van der Waals surface area contributed by atoms with Gasteiger partial charge in [0.15, 0.2) is 6.23 Å². The Balaban J connectivity index is 1.79. The van der Waals surface area contributed by atoms with Crippen LogP contribution in [0.3, 0.4) is 0 Å². The van der Waals surface area contributed by atoms with Crippen molar-refractivity contribution in [3.63, 3.8) is 0 Å². The largest absolute Gasteiger partial charge is 0.462 e. The number of para-hydroxylation sites is 1. The van der Waals surface area contributed by atoms with Crippen LogP contribution in [0.5, 0.6) is 5.75 Å². The zero-order valence-corrected chi connectivity index (χ0v) is 23.4. The van der Waals surface area contributed by atoms with Crippen LogP contribution in [0.4, 0.5) is 0 Å². The number of ether oxygens (including phenoxy) is 3. The summed E-state index contributed by atoms with van der Waals surface area (Å²) in [7, 11) is 1.44. The summed E-state index contributed by atoms with van der Waals surface area (Å²) in [6, 6.07) is 7.98. The van der Waals surface area contributed by atoms with E-state index in [9.17, 15) is 14.7 Å². The van der Waals surface area contributed by atoms with Gasteiger partial charge in [-0.3, -0.25) is 14.5 Å². The highest BCUT2D eigenvalue weighted by Crippen LogP contribution is 2.47. The van der Waals surface area contributed by atoms with Crippen molar-refractivity contribution < 1.29 is 38.0 Å². The summed E-state index contributed by atoms with van der Waals surface area (Å²) in [6.07, 6.45) is 0.108. The van der Waals surface area contributed by atoms with Crippen molar-refractivity contribution in [1.29, 1.82) is 0 Å². The average Bonchev–Trinajstić information content (AvgIpc) is 3.08. The first-order valence-electron chi connectivity index (χ1n) is 11.9. The summed E-state index contributed by atoms with van der Waals surface area (Å²) < 4.78 is 29.0. The molecule has 2 aliphatic rings. The molecule has 0 spiro atoms. The minimum atomic E-state index is -3.35. The number of hydrogen-bond acceptors (Lipinski definition) is 9. The maximum absolute atomic E-state index is 12.7. The molecule has 0 aromatic heterocycles. The number of aliphatic hydroxyl groups is 1. The van der Waals surface area contributed by atoms with Crippen LogP contribution in [0.2, 0.25) is 0 Å². The molecule has 6 atom stereocenters. The molecular formula is C25H35N2O8PS. The molecule has 12 heteroatoms. The number of carbonyl (C=O) groups is 2. The van der Waals surface area contributed by atoms with Crippen LogP contribution >= 0.6 is 6.64 Å². The lowest BCUT2D eigenvalue weighted by molar-refractivity contribution is -0.162. The van der Waals surface area contributed by atoms with Gasteiger partial charge in [-0.25, -0.2) is 5.09 Å². The fourth-order valence-electron chi connectivity index (χ4n) is 3.91. The SMILES string of the molecule is C=C1C=CN([C@@H]2O[C@H](COP(=S)(NC(C)C(=O)OC(C)C)Oc3ccccc3)[C@@H](O)[C@@]2(C)OC)C(=O)C1. The Morgan fingerprint density at radius 1 is 1.35 bits per heavy atom. The van der Waals surface area contributed by atoms with Gasteiger partial charge in [0, 0.05) is 13.3 Å². The van der Waals surface area contributed by atoms with Gasteiger partial charge < -0.3 is 28.4 Å². The third kappa shape index (κ3) is 7.06. The average molecular weight is 555 g/mol. The molecule has 10 nitrogen and oxygen atoms in total. The quantitative estimate of drug-likeness (QED) is 0.312. The second-order valence-electron chi connectivity index (χ2n) is 9.35. The normalized spacial score (nSPS) is 28.3. The molecule has 2 heterocycles. The standard InChI is InChI=1S/C25H35N2O8PS/c1-16(2)33-23(30)18(4)26-36(37,35-19-10-8-7-9-11-19)32-15-20-22(29)25(5,31-6)24(34-20)27-13-12-17(3)14-21(27)28/h7-13,16,18,20,22,24,29H,3,14-15H2,1-2,4-6H3,(H,26,37)/t18?,20-,22-,24-,25-,36?/m1/s1. The third-order valence-corrected chi connectivity index (χ3v) is 8.50. The zero-order valence-electron chi connectivity index (χ0n) is 21.7. The topological polar surface area (TPSA) is 116 Å². The second kappa shape index (κ2) is 12.2. The van der Waals surface area contributed by atoms with E-state index in [1.807, 2.05) is 6.07 Å². The predicted octanol–water partition coefficient (Wildman–Crippen LogP) is 3.03. The molecule has 1 amide bonds. The van der Waals surface area contributed by atoms with Gasteiger partial charge in [0.25, 0.3) is 0 Å². The van der Waals surface area contributed by atoms with Crippen LogP contribution in [0.1, 0.15) is 34.1 Å². The number of nitrogens with one attached hydrogen (secondary N) is 1. The summed E-state index contributed by atoms with van der Waals surface area (Å²) in [5.41, 5.74) is -0.578. The lowest BCUT2D eigenvalue weighted by Crippen LogP contribution is -2.54. The van der Waals surface area contributed by atoms with E-state index in [0.29, 0.717) is 11.3 Å². The van der Waals surface area contributed by atoms with E-state index in [1.54, 1.807) is 64.2 Å². The molecule has 1 saturated heterocycles. The van der Waals surface area contributed by atoms with Crippen LogP contribution in [0, 0.1) is 0 Å². The molecule has 204 valence electrons. The molecule has 0 saturated carbocycles. The first-order chi connectivity index (χ1) is 17.4. The molecule has 1 fully saturated rings. The summed E-state index contributed by atoms with van der Waals surface area (Å²) in [4.78, 5) is 26.5. The fraction of sp³-hybridized carbons (Fsp3) is 0.520. The second-order valence-corrected chi connectivity index (χ2v) is 12.5. The van der Waals surface area contributed by atoms with Gasteiger partial charge in [-0.15, -0.1) is 0 Å². The number of hydrogen-bond donors (Lipinski definition) is 2. The number of allylic oxidation sites excluding steroid dienone is 1. The van der Waals surface area contributed by atoms with Crippen molar-refractivity contribution in [2.75, 3.05) is 13.7 Å². The highest BCUT2D eigenvalue weighted by atomic mass is 32.5. The highest BCUT2D eigenvalue weighted by molar-refractivity contribution is 8.09.